The summed E-state index contributed by atoms with van der Waals surface area (Å²) >= 11 is 0. The van der Waals surface area contributed by atoms with Gasteiger partial charge in [-0.3, -0.25) is 4.79 Å². The maximum absolute atomic E-state index is 12.4. The van der Waals surface area contributed by atoms with Gasteiger partial charge in [-0.1, -0.05) is 42.5 Å². The summed E-state index contributed by atoms with van der Waals surface area (Å²) in [6.45, 7) is 0.399. The van der Waals surface area contributed by atoms with Crippen LogP contribution in [0.4, 0.5) is 0 Å². The van der Waals surface area contributed by atoms with Gasteiger partial charge in [0.2, 0.25) is 5.91 Å². The molecule has 5 heteroatoms. The fourth-order valence-electron chi connectivity index (χ4n) is 2.78. The lowest BCUT2D eigenvalue weighted by Crippen LogP contribution is -2.25. The number of benzene rings is 2. The van der Waals surface area contributed by atoms with Gasteiger partial charge in [0.15, 0.2) is 0 Å². The average Bonchev–Trinajstić information content (AvgIpc) is 3.19. The van der Waals surface area contributed by atoms with E-state index in [4.69, 9.17) is 4.74 Å². The van der Waals surface area contributed by atoms with Gasteiger partial charge in [-0.2, -0.15) is 0 Å². The minimum atomic E-state index is -0.0129. The van der Waals surface area contributed by atoms with Gasteiger partial charge >= 0.3 is 0 Å². The molecular formula is C20H21N3O2. The Balaban J connectivity index is 1.75. The van der Waals surface area contributed by atoms with Crippen LogP contribution in [0.2, 0.25) is 0 Å². The van der Waals surface area contributed by atoms with Crippen LogP contribution >= 0.6 is 0 Å². The van der Waals surface area contributed by atoms with Crippen LogP contribution in [0.25, 0.3) is 0 Å². The second-order valence-electron chi connectivity index (χ2n) is 5.75. The Morgan fingerprint density at radius 3 is 2.48 bits per heavy atom. The lowest BCUT2D eigenvalue weighted by atomic mass is 9.88. The zero-order valence-corrected chi connectivity index (χ0v) is 14.1. The van der Waals surface area contributed by atoms with Gasteiger partial charge in [0.05, 0.1) is 13.7 Å². The molecule has 0 aliphatic rings. The number of aromatic nitrogens is 2. The molecule has 1 heterocycles. The molecule has 2 N–H and O–H groups in total. The van der Waals surface area contributed by atoms with Crippen LogP contribution in [-0.2, 0) is 11.3 Å². The fourth-order valence-corrected chi connectivity index (χ4v) is 2.78. The molecule has 3 aromatic rings. The molecule has 0 aliphatic carbocycles. The van der Waals surface area contributed by atoms with Crippen LogP contribution in [0, 0.1) is 0 Å². The average molecular weight is 335 g/mol. The van der Waals surface area contributed by atoms with Crippen molar-refractivity contribution in [2.75, 3.05) is 7.11 Å². The van der Waals surface area contributed by atoms with Crippen molar-refractivity contribution in [3.63, 3.8) is 0 Å². The van der Waals surface area contributed by atoms with E-state index in [1.165, 1.54) is 0 Å². The van der Waals surface area contributed by atoms with Crippen molar-refractivity contribution in [3.05, 3.63) is 83.9 Å². The predicted molar refractivity (Wildman–Crippen MR) is 96.3 cm³/mol. The molecule has 0 saturated heterocycles. The van der Waals surface area contributed by atoms with E-state index in [1.54, 1.807) is 19.5 Å². The number of H-pyrrole nitrogens is 1. The van der Waals surface area contributed by atoms with E-state index >= 15 is 0 Å². The first kappa shape index (κ1) is 16.8. The van der Waals surface area contributed by atoms with Crippen LogP contribution in [0.5, 0.6) is 5.75 Å². The summed E-state index contributed by atoms with van der Waals surface area (Å²) in [4.78, 5) is 19.5. The SMILES string of the molecule is COc1ccc([C@H](CC(=O)NCc2ncc[nH]2)c2ccccc2)cc1. The van der Waals surface area contributed by atoms with Crippen LogP contribution in [0.3, 0.4) is 0 Å². The number of carbonyl (C=O) groups is 1. The first-order valence-corrected chi connectivity index (χ1v) is 8.20. The molecule has 0 saturated carbocycles. The molecule has 1 aromatic heterocycles. The van der Waals surface area contributed by atoms with Crippen LogP contribution in [0.15, 0.2) is 67.0 Å². The smallest absolute Gasteiger partial charge is 0.221 e. The lowest BCUT2D eigenvalue weighted by Gasteiger charge is -2.18. The third-order valence-electron chi connectivity index (χ3n) is 4.12. The molecule has 0 fully saturated rings. The normalized spacial score (nSPS) is 11.7. The van der Waals surface area contributed by atoms with Gasteiger partial charge in [-0.15, -0.1) is 0 Å². The van der Waals surface area contributed by atoms with Crippen molar-refractivity contribution in [1.82, 2.24) is 15.3 Å². The maximum Gasteiger partial charge on any atom is 0.221 e. The summed E-state index contributed by atoms with van der Waals surface area (Å²) in [5.74, 6) is 1.52. The van der Waals surface area contributed by atoms with E-state index in [0.717, 1.165) is 22.7 Å². The molecule has 128 valence electrons. The molecular weight excluding hydrogens is 314 g/mol. The second kappa shape index (κ2) is 8.15. The van der Waals surface area contributed by atoms with Crippen molar-refractivity contribution in [3.8, 4) is 5.75 Å². The summed E-state index contributed by atoms with van der Waals surface area (Å²) in [6, 6.07) is 17.9. The van der Waals surface area contributed by atoms with Gasteiger partial charge in [-0.05, 0) is 23.3 Å². The lowest BCUT2D eigenvalue weighted by molar-refractivity contribution is -0.121. The Labute approximate surface area is 147 Å². The van der Waals surface area contributed by atoms with E-state index in [-0.39, 0.29) is 11.8 Å². The molecule has 5 nitrogen and oxygen atoms in total. The quantitative estimate of drug-likeness (QED) is 0.696. The molecule has 0 spiro atoms. The second-order valence-corrected chi connectivity index (χ2v) is 5.75. The van der Waals surface area contributed by atoms with Gasteiger partial charge < -0.3 is 15.0 Å². The summed E-state index contributed by atoms with van der Waals surface area (Å²) in [5.41, 5.74) is 2.20. The Bertz CT molecular complexity index is 784. The van der Waals surface area contributed by atoms with Crippen molar-refractivity contribution < 1.29 is 9.53 Å². The Morgan fingerprint density at radius 2 is 1.84 bits per heavy atom. The summed E-state index contributed by atoms with van der Waals surface area (Å²) in [6.07, 6.45) is 3.79. The molecule has 2 aromatic carbocycles. The highest BCUT2D eigenvalue weighted by molar-refractivity contribution is 5.77. The number of carbonyl (C=O) groups excluding carboxylic acids is 1. The highest BCUT2D eigenvalue weighted by Crippen LogP contribution is 2.29. The fraction of sp³-hybridized carbons (Fsp3) is 0.200. The number of imidazole rings is 1. The van der Waals surface area contributed by atoms with Crippen molar-refractivity contribution in [2.45, 2.75) is 18.9 Å². The van der Waals surface area contributed by atoms with Crippen molar-refractivity contribution in [2.24, 2.45) is 0 Å². The molecule has 3 rings (SSSR count). The number of nitrogens with one attached hydrogen (secondary N) is 2. The number of hydrogen-bond donors (Lipinski definition) is 2. The highest BCUT2D eigenvalue weighted by Gasteiger charge is 2.18. The van der Waals surface area contributed by atoms with Crippen molar-refractivity contribution >= 4 is 5.91 Å². The molecule has 0 unspecified atom stereocenters. The van der Waals surface area contributed by atoms with Gasteiger partial charge in [-0.25, -0.2) is 4.98 Å². The van der Waals surface area contributed by atoms with Crippen LogP contribution < -0.4 is 10.1 Å². The van der Waals surface area contributed by atoms with E-state index in [1.807, 2.05) is 42.5 Å². The maximum atomic E-state index is 12.4. The first-order chi connectivity index (χ1) is 12.3. The predicted octanol–water partition coefficient (Wildman–Crippen LogP) is 3.26. The van der Waals surface area contributed by atoms with Crippen LogP contribution in [0.1, 0.15) is 29.3 Å². The monoisotopic (exact) mass is 335 g/mol. The van der Waals surface area contributed by atoms with E-state index < -0.39 is 0 Å². The van der Waals surface area contributed by atoms with E-state index in [2.05, 4.69) is 27.4 Å². The van der Waals surface area contributed by atoms with E-state index in [9.17, 15) is 4.79 Å². The molecule has 0 aliphatic heterocycles. The molecule has 0 bridgehead atoms. The Morgan fingerprint density at radius 1 is 1.12 bits per heavy atom. The number of aromatic amines is 1. The van der Waals surface area contributed by atoms with Gasteiger partial charge in [0.1, 0.15) is 11.6 Å². The van der Waals surface area contributed by atoms with Gasteiger partial charge in [0, 0.05) is 24.7 Å². The summed E-state index contributed by atoms with van der Waals surface area (Å²) in [5, 5.41) is 2.92. The molecule has 0 radical (unpaired) electrons. The number of hydrogen-bond acceptors (Lipinski definition) is 3. The third kappa shape index (κ3) is 4.47. The molecule has 1 atom stereocenters. The number of nitrogens with zero attached hydrogens (tertiary/aromatic N) is 1. The number of amides is 1. The Kier molecular flexibility index (Phi) is 5.46. The van der Waals surface area contributed by atoms with E-state index in [0.29, 0.717) is 13.0 Å². The molecule has 25 heavy (non-hydrogen) atoms. The highest BCUT2D eigenvalue weighted by atomic mass is 16.5. The third-order valence-corrected chi connectivity index (χ3v) is 4.12. The number of methoxy groups -OCH3 is 1. The minimum absolute atomic E-state index is 0.0105. The topological polar surface area (TPSA) is 67.0 Å². The zero-order valence-electron chi connectivity index (χ0n) is 14.1. The van der Waals surface area contributed by atoms with Gasteiger partial charge in [0.25, 0.3) is 0 Å². The standard InChI is InChI=1S/C20H21N3O2/c1-25-17-9-7-16(8-10-17)18(15-5-3-2-4-6-15)13-20(24)23-14-19-21-11-12-22-19/h2-12,18H,13-14H2,1H3,(H,21,22)(H,23,24)/t18-/m1/s1. The first-order valence-electron chi connectivity index (χ1n) is 8.20. The summed E-state index contributed by atoms with van der Waals surface area (Å²) < 4.78 is 5.23. The summed E-state index contributed by atoms with van der Waals surface area (Å²) in [7, 11) is 1.64. The minimum Gasteiger partial charge on any atom is -0.497 e. The Hall–Kier alpha value is -3.08. The number of rotatable bonds is 7. The number of ether oxygens (including phenoxy) is 1. The van der Waals surface area contributed by atoms with Crippen molar-refractivity contribution in [1.29, 1.82) is 0 Å². The zero-order chi connectivity index (χ0) is 17.5. The van der Waals surface area contributed by atoms with Crippen LogP contribution in [-0.4, -0.2) is 23.0 Å². The molecule has 1 amide bonds. The largest absolute Gasteiger partial charge is 0.497 e.